The van der Waals surface area contributed by atoms with Gasteiger partial charge in [-0.05, 0) is 55.5 Å². The van der Waals surface area contributed by atoms with E-state index in [9.17, 15) is 22.0 Å². The average molecular weight is 541 g/mol. The molecule has 0 spiro atoms. The number of hydrogen-bond acceptors (Lipinski definition) is 6. The highest BCUT2D eigenvalue weighted by molar-refractivity contribution is 5.86. The predicted octanol–water partition coefficient (Wildman–Crippen LogP) is 6.83. The molecule has 7 nitrogen and oxygen atoms in total. The molecule has 12 heteroatoms. The summed E-state index contributed by atoms with van der Waals surface area (Å²) in [5.74, 6) is 0.513. The highest BCUT2D eigenvalue weighted by Crippen LogP contribution is 2.36. The monoisotopic (exact) mass is 541 g/mol. The van der Waals surface area contributed by atoms with Gasteiger partial charge in [0, 0.05) is 16.7 Å². The first kappa shape index (κ1) is 26.0. The zero-order chi connectivity index (χ0) is 27.9. The van der Waals surface area contributed by atoms with E-state index in [0.717, 1.165) is 10.7 Å². The molecular formula is C27H20F5N5O2. The molecular weight excluding hydrogens is 521 g/mol. The Morgan fingerprint density at radius 1 is 0.795 bits per heavy atom. The maximum atomic E-state index is 14.2. The number of nitrogens with zero attached hydrogens (tertiary/aromatic N) is 5. The summed E-state index contributed by atoms with van der Waals surface area (Å²) < 4.78 is 81.4. The summed E-state index contributed by atoms with van der Waals surface area (Å²) in [6.45, 7) is 1.47. The second kappa shape index (κ2) is 9.93. The summed E-state index contributed by atoms with van der Waals surface area (Å²) in [5.41, 5.74) is -0.639. The molecule has 5 aromatic rings. The van der Waals surface area contributed by atoms with Crippen LogP contribution in [0.3, 0.4) is 0 Å². The predicted molar refractivity (Wildman–Crippen MR) is 133 cm³/mol. The lowest BCUT2D eigenvalue weighted by Gasteiger charge is -2.12. The van der Waals surface area contributed by atoms with E-state index in [1.807, 2.05) is 0 Å². The molecule has 0 saturated heterocycles. The highest BCUT2D eigenvalue weighted by atomic mass is 19.4. The van der Waals surface area contributed by atoms with Crippen LogP contribution in [-0.2, 0) is 6.18 Å². The maximum absolute atomic E-state index is 14.2. The van der Waals surface area contributed by atoms with E-state index < -0.39 is 24.2 Å². The molecule has 0 amide bonds. The number of aromatic nitrogens is 5. The Kier molecular flexibility index (Phi) is 6.62. The van der Waals surface area contributed by atoms with Crippen LogP contribution in [0.2, 0.25) is 0 Å². The van der Waals surface area contributed by atoms with E-state index in [0.29, 0.717) is 22.6 Å². The van der Waals surface area contributed by atoms with Crippen molar-refractivity contribution in [2.75, 3.05) is 14.2 Å². The minimum absolute atomic E-state index is 0.00338. The molecule has 3 aromatic heterocycles. The summed E-state index contributed by atoms with van der Waals surface area (Å²) in [6, 6.07) is 14.9. The van der Waals surface area contributed by atoms with Crippen LogP contribution in [0.15, 0.2) is 60.7 Å². The molecule has 0 fully saturated rings. The van der Waals surface area contributed by atoms with Crippen LogP contribution in [0.1, 0.15) is 23.4 Å². The highest BCUT2D eigenvalue weighted by Gasteiger charge is 2.34. The van der Waals surface area contributed by atoms with E-state index in [1.165, 1.54) is 27.2 Å². The quantitative estimate of drug-likeness (QED) is 0.220. The number of aryl methyl sites for hydroxylation is 1. The molecule has 0 saturated carbocycles. The Balaban J connectivity index is 1.77. The largest absolute Gasteiger partial charge is 0.497 e. The number of hydrogen-bond donors (Lipinski definition) is 0. The molecule has 5 rings (SSSR count). The van der Waals surface area contributed by atoms with Crippen molar-refractivity contribution in [2.45, 2.75) is 19.5 Å². The molecule has 0 N–H and O–H groups in total. The maximum Gasteiger partial charge on any atom is 0.433 e. The van der Waals surface area contributed by atoms with Crippen molar-refractivity contribution in [1.29, 1.82) is 0 Å². The average Bonchev–Trinajstić information content (AvgIpc) is 3.28. The van der Waals surface area contributed by atoms with Crippen molar-refractivity contribution in [3.63, 3.8) is 0 Å². The summed E-state index contributed by atoms with van der Waals surface area (Å²) in [4.78, 5) is 12.5. The number of halogens is 5. The second-order valence-electron chi connectivity index (χ2n) is 8.49. The van der Waals surface area contributed by atoms with Gasteiger partial charge in [-0.25, -0.2) is 23.7 Å². The summed E-state index contributed by atoms with van der Waals surface area (Å²) in [5, 5.41) is 4.24. The van der Waals surface area contributed by atoms with Crippen LogP contribution < -0.4 is 9.47 Å². The molecule has 0 bridgehead atoms. The third-order valence-corrected chi connectivity index (χ3v) is 6.02. The van der Waals surface area contributed by atoms with Crippen molar-refractivity contribution in [3.05, 3.63) is 77.6 Å². The van der Waals surface area contributed by atoms with E-state index in [-0.39, 0.29) is 33.7 Å². The van der Waals surface area contributed by atoms with Crippen molar-refractivity contribution in [2.24, 2.45) is 0 Å². The Morgan fingerprint density at radius 3 is 2.13 bits per heavy atom. The zero-order valence-electron chi connectivity index (χ0n) is 20.8. The van der Waals surface area contributed by atoms with Gasteiger partial charge >= 0.3 is 6.18 Å². The van der Waals surface area contributed by atoms with E-state index in [2.05, 4.69) is 20.1 Å². The molecule has 200 valence electrons. The van der Waals surface area contributed by atoms with Gasteiger partial charge in [0.25, 0.3) is 12.4 Å². The third-order valence-electron chi connectivity index (χ3n) is 6.02. The van der Waals surface area contributed by atoms with E-state index >= 15 is 0 Å². The number of pyridine rings is 1. The van der Waals surface area contributed by atoms with Crippen molar-refractivity contribution >= 4 is 11.0 Å². The fraction of sp³-hybridized carbons (Fsp3) is 0.185. The topological polar surface area (TPSA) is 75.0 Å². The molecule has 0 aliphatic heterocycles. The van der Waals surface area contributed by atoms with Crippen molar-refractivity contribution in [3.8, 4) is 40.0 Å². The first-order chi connectivity index (χ1) is 18.6. The fourth-order valence-electron chi connectivity index (χ4n) is 4.15. The normalized spacial score (nSPS) is 11.8. The number of fused-ring (bicyclic) bond motifs is 1. The van der Waals surface area contributed by atoms with Crippen LogP contribution in [0.4, 0.5) is 22.0 Å². The molecule has 39 heavy (non-hydrogen) atoms. The second-order valence-corrected chi connectivity index (χ2v) is 8.49. The number of ether oxygens (including phenoxy) is 2. The number of methoxy groups -OCH3 is 2. The third kappa shape index (κ3) is 4.97. The van der Waals surface area contributed by atoms with Crippen LogP contribution in [0.5, 0.6) is 11.5 Å². The van der Waals surface area contributed by atoms with Crippen molar-refractivity contribution < 1.29 is 31.4 Å². The molecule has 0 unspecified atom stereocenters. The first-order valence-corrected chi connectivity index (χ1v) is 11.5. The number of benzene rings is 2. The smallest absolute Gasteiger partial charge is 0.433 e. The Bertz CT molecular complexity index is 1670. The van der Waals surface area contributed by atoms with Crippen LogP contribution in [-0.4, -0.2) is 39.0 Å². The van der Waals surface area contributed by atoms with Crippen LogP contribution >= 0.6 is 0 Å². The lowest BCUT2D eigenvalue weighted by Crippen LogP contribution is -2.14. The number of rotatable bonds is 6. The van der Waals surface area contributed by atoms with Crippen LogP contribution in [0, 0.1) is 6.92 Å². The van der Waals surface area contributed by atoms with Gasteiger partial charge < -0.3 is 9.47 Å². The Hall–Kier alpha value is -4.61. The molecule has 3 heterocycles. The molecule has 0 aliphatic rings. The number of alkyl halides is 5. The van der Waals surface area contributed by atoms with Gasteiger partial charge in [0.05, 0.1) is 36.7 Å². The van der Waals surface area contributed by atoms with Gasteiger partial charge in [-0.2, -0.15) is 23.0 Å². The minimum Gasteiger partial charge on any atom is -0.497 e. The Morgan fingerprint density at radius 2 is 1.49 bits per heavy atom. The van der Waals surface area contributed by atoms with E-state index in [4.69, 9.17) is 9.47 Å². The molecule has 0 aliphatic carbocycles. The summed E-state index contributed by atoms with van der Waals surface area (Å²) in [7, 11) is 2.93. The standard InChI is InChI=1S/C27H20F5N5O2/c1-14-23-19(24(28)29)12-20(16-5-4-6-18(11-16)39-3)33-25(23)37(36-14)26-34-21(13-22(35-26)27(30,31)32)15-7-9-17(38-2)10-8-15/h4-13,24H,1-3H3. The minimum atomic E-state index is -4.82. The first-order valence-electron chi connectivity index (χ1n) is 11.5. The van der Waals surface area contributed by atoms with Crippen LogP contribution in [0.25, 0.3) is 39.5 Å². The summed E-state index contributed by atoms with van der Waals surface area (Å²) >= 11 is 0. The van der Waals surface area contributed by atoms with Crippen molar-refractivity contribution in [1.82, 2.24) is 24.7 Å². The van der Waals surface area contributed by atoms with Gasteiger partial charge in [0.1, 0.15) is 11.5 Å². The lowest BCUT2D eigenvalue weighted by molar-refractivity contribution is -0.141. The summed E-state index contributed by atoms with van der Waals surface area (Å²) in [6.07, 6.45) is -7.72. The van der Waals surface area contributed by atoms with E-state index in [1.54, 1.807) is 48.5 Å². The Labute approximate surface area is 218 Å². The molecule has 0 radical (unpaired) electrons. The van der Waals surface area contributed by atoms with Gasteiger partial charge in [0.15, 0.2) is 11.3 Å². The molecule has 0 atom stereocenters. The van der Waals surface area contributed by atoms with Gasteiger partial charge in [-0.1, -0.05) is 12.1 Å². The SMILES string of the molecule is COc1ccc(-c2cc(C(F)(F)F)nc(-n3nc(C)c4c(C(F)F)cc(-c5cccc(OC)c5)nc43)n2)cc1. The lowest BCUT2D eigenvalue weighted by atomic mass is 10.1. The van der Waals surface area contributed by atoms with Gasteiger partial charge in [-0.3, -0.25) is 0 Å². The molecule has 2 aromatic carbocycles. The zero-order valence-corrected chi connectivity index (χ0v) is 20.8. The fourth-order valence-corrected chi connectivity index (χ4v) is 4.15. The van der Waals surface area contributed by atoms with Gasteiger partial charge in [0.2, 0.25) is 0 Å². The van der Waals surface area contributed by atoms with Gasteiger partial charge in [-0.15, -0.1) is 0 Å².